The van der Waals surface area contributed by atoms with Gasteiger partial charge in [-0.1, -0.05) is 23.7 Å². The Kier molecular flexibility index (Phi) is 4.36. The lowest BCUT2D eigenvalue weighted by Crippen LogP contribution is -2.27. The average Bonchev–Trinajstić information content (AvgIpc) is 2.84. The predicted molar refractivity (Wildman–Crippen MR) is 70.5 cm³/mol. The summed E-state index contributed by atoms with van der Waals surface area (Å²) in [6.07, 6.45) is 4.42. The van der Waals surface area contributed by atoms with Gasteiger partial charge in [-0.05, 0) is 24.1 Å². The molecule has 0 aliphatic heterocycles. The average molecular weight is 264 g/mol. The minimum atomic E-state index is -0.0288. The summed E-state index contributed by atoms with van der Waals surface area (Å²) in [5.74, 6) is 0.651. The maximum atomic E-state index is 11.6. The first-order valence-corrected chi connectivity index (χ1v) is 6.11. The molecule has 0 saturated carbocycles. The highest BCUT2D eigenvalue weighted by Crippen LogP contribution is 2.09. The molecule has 1 aromatic heterocycles. The summed E-state index contributed by atoms with van der Waals surface area (Å²) in [6, 6.07) is 7.62. The first kappa shape index (κ1) is 12.6. The van der Waals surface area contributed by atoms with Crippen LogP contribution in [0, 0.1) is 0 Å². The summed E-state index contributed by atoms with van der Waals surface area (Å²) >= 11 is 5.80. The molecule has 0 fully saturated rings. The number of hydrogen-bond acceptors (Lipinski definition) is 2. The van der Waals surface area contributed by atoms with E-state index >= 15 is 0 Å². The minimum absolute atomic E-state index is 0.0288. The summed E-state index contributed by atoms with van der Waals surface area (Å²) < 4.78 is 0. The van der Waals surface area contributed by atoms with Gasteiger partial charge in [-0.15, -0.1) is 0 Å². The second-order valence-corrected chi connectivity index (χ2v) is 4.38. The van der Waals surface area contributed by atoms with Gasteiger partial charge in [-0.3, -0.25) is 4.79 Å². The first-order chi connectivity index (χ1) is 8.74. The molecule has 1 aromatic carbocycles. The number of hydrogen-bond donors (Lipinski definition) is 2. The van der Waals surface area contributed by atoms with E-state index < -0.39 is 0 Å². The Labute approximate surface area is 110 Å². The third-order valence-electron chi connectivity index (χ3n) is 2.53. The molecule has 0 spiro atoms. The van der Waals surface area contributed by atoms with Crippen LogP contribution in [0.5, 0.6) is 0 Å². The number of amides is 1. The zero-order valence-electron chi connectivity index (χ0n) is 9.82. The van der Waals surface area contributed by atoms with E-state index in [4.69, 9.17) is 11.6 Å². The molecule has 0 aliphatic carbocycles. The standard InChI is InChI=1S/C13H14ClN3O/c14-11-3-1-10(2-4-11)5-6-17-13(18)9-12-15-7-8-16-12/h1-4,7-8H,5-6,9H2,(H,15,16)(H,17,18). The van der Waals surface area contributed by atoms with Crippen molar-refractivity contribution < 1.29 is 4.79 Å². The Balaban J connectivity index is 1.72. The topological polar surface area (TPSA) is 57.8 Å². The number of imidazole rings is 1. The smallest absolute Gasteiger partial charge is 0.227 e. The molecule has 4 nitrogen and oxygen atoms in total. The van der Waals surface area contributed by atoms with E-state index in [1.165, 1.54) is 0 Å². The summed E-state index contributed by atoms with van der Waals surface area (Å²) in [4.78, 5) is 18.5. The fourth-order valence-corrected chi connectivity index (χ4v) is 1.73. The summed E-state index contributed by atoms with van der Waals surface area (Å²) in [5, 5.41) is 3.57. The van der Waals surface area contributed by atoms with Crippen molar-refractivity contribution in [3.8, 4) is 0 Å². The van der Waals surface area contributed by atoms with Gasteiger partial charge in [0.15, 0.2) is 0 Å². The maximum absolute atomic E-state index is 11.6. The molecule has 2 aromatic rings. The Morgan fingerprint density at radius 2 is 2.11 bits per heavy atom. The van der Waals surface area contributed by atoms with Crippen LogP contribution in [0.4, 0.5) is 0 Å². The van der Waals surface area contributed by atoms with Crippen molar-refractivity contribution in [1.82, 2.24) is 15.3 Å². The highest BCUT2D eigenvalue weighted by atomic mass is 35.5. The number of carbonyl (C=O) groups is 1. The normalized spacial score (nSPS) is 10.3. The van der Waals surface area contributed by atoms with E-state index in [1.54, 1.807) is 12.4 Å². The van der Waals surface area contributed by atoms with Gasteiger partial charge in [0, 0.05) is 24.0 Å². The van der Waals surface area contributed by atoms with E-state index in [1.807, 2.05) is 24.3 Å². The van der Waals surface area contributed by atoms with Crippen molar-refractivity contribution in [1.29, 1.82) is 0 Å². The van der Waals surface area contributed by atoms with Gasteiger partial charge in [-0.25, -0.2) is 4.98 Å². The minimum Gasteiger partial charge on any atom is -0.355 e. The van der Waals surface area contributed by atoms with Crippen molar-refractivity contribution in [2.75, 3.05) is 6.54 Å². The molecule has 1 amide bonds. The predicted octanol–water partition coefficient (Wildman–Crippen LogP) is 1.96. The number of nitrogens with zero attached hydrogens (tertiary/aromatic N) is 1. The molecule has 2 N–H and O–H groups in total. The number of rotatable bonds is 5. The van der Waals surface area contributed by atoms with E-state index in [0.717, 1.165) is 17.0 Å². The lowest BCUT2D eigenvalue weighted by molar-refractivity contribution is -0.120. The molecule has 1 heterocycles. The molecular formula is C13H14ClN3O. The zero-order chi connectivity index (χ0) is 12.8. The molecule has 0 atom stereocenters. The number of aromatic nitrogens is 2. The van der Waals surface area contributed by atoms with Gasteiger partial charge in [0.05, 0.1) is 6.42 Å². The third kappa shape index (κ3) is 3.89. The van der Waals surface area contributed by atoms with Gasteiger partial charge < -0.3 is 10.3 Å². The van der Waals surface area contributed by atoms with Crippen LogP contribution in [0.3, 0.4) is 0 Å². The summed E-state index contributed by atoms with van der Waals surface area (Å²) in [5.41, 5.74) is 1.15. The highest BCUT2D eigenvalue weighted by molar-refractivity contribution is 6.30. The highest BCUT2D eigenvalue weighted by Gasteiger charge is 2.04. The number of aromatic amines is 1. The molecule has 0 unspecified atom stereocenters. The van der Waals surface area contributed by atoms with Crippen molar-refractivity contribution in [2.45, 2.75) is 12.8 Å². The molecule has 0 radical (unpaired) electrons. The number of H-pyrrole nitrogens is 1. The molecule has 94 valence electrons. The largest absolute Gasteiger partial charge is 0.355 e. The maximum Gasteiger partial charge on any atom is 0.227 e. The van der Waals surface area contributed by atoms with Crippen molar-refractivity contribution in [2.24, 2.45) is 0 Å². The molecular weight excluding hydrogens is 250 g/mol. The van der Waals surface area contributed by atoms with Crippen LogP contribution in [0.1, 0.15) is 11.4 Å². The number of benzene rings is 1. The van der Waals surface area contributed by atoms with E-state index in [2.05, 4.69) is 15.3 Å². The van der Waals surface area contributed by atoms with Gasteiger partial charge in [0.2, 0.25) is 5.91 Å². The molecule has 18 heavy (non-hydrogen) atoms. The van der Waals surface area contributed by atoms with Gasteiger partial charge in [-0.2, -0.15) is 0 Å². The van der Waals surface area contributed by atoms with Crippen LogP contribution >= 0.6 is 11.6 Å². The monoisotopic (exact) mass is 263 g/mol. The van der Waals surface area contributed by atoms with Crippen LogP contribution in [-0.2, 0) is 17.6 Å². The first-order valence-electron chi connectivity index (χ1n) is 5.73. The van der Waals surface area contributed by atoms with E-state index in [9.17, 15) is 4.79 Å². The quantitative estimate of drug-likeness (QED) is 0.866. The molecule has 5 heteroatoms. The summed E-state index contributed by atoms with van der Waals surface area (Å²) in [7, 11) is 0. The Hall–Kier alpha value is -1.81. The van der Waals surface area contributed by atoms with Crippen molar-refractivity contribution in [3.63, 3.8) is 0 Å². The molecule has 2 rings (SSSR count). The second kappa shape index (κ2) is 6.21. The number of halogens is 1. The molecule has 0 saturated heterocycles. The Morgan fingerprint density at radius 3 is 2.78 bits per heavy atom. The van der Waals surface area contributed by atoms with Crippen LogP contribution in [0.25, 0.3) is 0 Å². The van der Waals surface area contributed by atoms with E-state index in [-0.39, 0.29) is 12.3 Å². The lowest BCUT2D eigenvalue weighted by atomic mass is 10.1. The van der Waals surface area contributed by atoms with Crippen molar-refractivity contribution in [3.05, 3.63) is 53.1 Å². The molecule has 0 bridgehead atoms. The fourth-order valence-electron chi connectivity index (χ4n) is 1.61. The van der Waals surface area contributed by atoms with Gasteiger partial charge >= 0.3 is 0 Å². The van der Waals surface area contributed by atoms with Crippen LogP contribution < -0.4 is 5.32 Å². The van der Waals surface area contributed by atoms with Crippen LogP contribution in [-0.4, -0.2) is 22.4 Å². The molecule has 0 aliphatic rings. The zero-order valence-corrected chi connectivity index (χ0v) is 10.6. The van der Waals surface area contributed by atoms with Gasteiger partial charge in [0.25, 0.3) is 0 Å². The van der Waals surface area contributed by atoms with Crippen LogP contribution in [0.2, 0.25) is 5.02 Å². The SMILES string of the molecule is O=C(Cc1ncc[nH]1)NCCc1ccc(Cl)cc1. The Morgan fingerprint density at radius 1 is 1.33 bits per heavy atom. The summed E-state index contributed by atoms with van der Waals surface area (Å²) in [6.45, 7) is 0.612. The Bertz CT molecular complexity index is 493. The van der Waals surface area contributed by atoms with Crippen LogP contribution in [0.15, 0.2) is 36.7 Å². The number of carbonyl (C=O) groups excluding carboxylic acids is 1. The van der Waals surface area contributed by atoms with E-state index in [0.29, 0.717) is 12.4 Å². The fraction of sp³-hybridized carbons (Fsp3) is 0.231. The third-order valence-corrected chi connectivity index (χ3v) is 2.78. The number of nitrogens with one attached hydrogen (secondary N) is 2. The van der Waals surface area contributed by atoms with Crippen molar-refractivity contribution >= 4 is 17.5 Å². The lowest BCUT2D eigenvalue weighted by Gasteiger charge is -2.04. The van der Waals surface area contributed by atoms with Gasteiger partial charge in [0.1, 0.15) is 5.82 Å². The second-order valence-electron chi connectivity index (χ2n) is 3.94.